The predicted molar refractivity (Wildman–Crippen MR) is 54.3 cm³/mol. The van der Waals surface area contributed by atoms with Crippen molar-refractivity contribution >= 4 is 5.97 Å². The Morgan fingerprint density at radius 2 is 2.07 bits per heavy atom. The van der Waals surface area contributed by atoms with E-state index in [9.17, 15) is 4.79 Å². The highest BCUT2D eigenvalue weighted by molar-refractivity contribution is 5.86. The molecule has 0 spiro atoms. The molecule has 0 radical (unpaired) electrons. The predicted octanol–water partition coefficient (Wildman–Crippen LogP) is 1.97. The van der Waals surface area contributed by atoms with Crippen molar-refractivity contribution in [1.29, 1.82) is 0 Å². The summed E-state index contributed by atoms with van der Waals surface area (Å²) in [6.45, 7) is 0. The van der Waals surface area contributed by atoms with Gasteiger partial charge in [0.1, 0.15) is 6.10 Å². The lowest BCUT2D eigenvalue weighted by molar-refractivity contribution is 0.0204. The average molecular weight is 206 g/mol. The second-order valence-corrected chi connectivity index (χ2v) is 3.76. The first-order valence-electron chi connectivity index (χ1n) is 5.33. The Balaban J connectivity index is 1.91. The van der Waals surface area contributed by atoms with Gasteiger partial charge in [-0.1, -0.05) is 6.42 Å². The zero-order valence-electron chi connectivity index (χ0n) is 8.56. The van der Waals surface area contributed by atoms with Gasteiger partial charge in [-0.2, -0.15) is 0 Å². The van der Waals surface area contributed by atoms with Crippen LogP contribution in [-0.4, -0.2) is 22.0 Å². The number of ether oxygens (including phenoxy) is 1. The summed E-state index contributed by atoms with van der Waals surface area (Å²) in [5.74, 6) is -0.352. The third-order valence-electron chi connectivity index (χ3n) is 2.60. The first-order chi connectivity index (χ1) is 7.36. The maximum absolute atomic E-state index is 11.6. The highest BCUT2D eigenvalue weighted by atomic mass is 16.5. The van der Waals surface area contributed by atoms with Gasteiger partial charge in [-0.25, -0.2) is 9.78 Å². The van der Waals surface area contributed by atoms with Crippen LogP contribution in [0.4, 0.5) is 0 Å². The highest BCUT2D eigenvalue weighted by Gasteiger charge is 2.19. The highest BCUT2D eigenvalue weighted by Crippen LogP contribution is 2.20. The number of rotatable bonds is 2. The minimum Gasteiger partial charge on any atom is -0.458 e. The van der Waals surface area contributed by atoms with E-state index < -0.39 is 0 Å². The molecule has 1 aliphatic rings. The molecule has 1 fully saturated rings. The lowest BCUT2D eigenvalue weighted by atomic mass is 9.98. The fourth-order valence-electron chi connectivity index (χ4n) is 1.80. The maximum Gasteiger partial charge on any atom is 0.358 e. The van der Waals surface area contributed by atoms with Crippen LogP contribution in [0.2, 0.25) is 0 Å². The van der Waals surface area contributed by atoms with Crippen LogP contribution in [0.3, 0.4) is 0 Å². The van der Waals surface area contributed by atoms with E-state index in [1.165, 1.54) is 25.0 Å². The van der Waals surface area contributed by atoms with E-state index >= 15 is 0 Å². The Kier molecular flexibility index (Phi) is 3.27. The molecule has 0 saturated heterocycles. The molecule has 15 heavy (non-hydrogen) atoms. The number of esters is 1. The Morgan fingerprint density at radius 1 is 1.27 bits per heavy atom. The minimum atomic E-state index is -0.352. The molecule has 1 aromatic rings. The van der Waals surface area contributed by atoms with E-state index in [2.05, 4.69) is 9.97 Å². The lowest BCUT2D eigenvalue weighted by Gasteiger charge is -2.21. The molecule has 0 atom stereocenters. The first kappa shape index (κ1) is 10.1. The Morgan fingerprint density at radius 3 is 2.73 bits per heavy atom. The molecule has 1 aromatic heterocycles. The van der Waals surface area contributed by atoms with Crippen molar-refractivity contribution in [2.45, 2.75) is 38.2 Å². The fourth-order valence-corrected chi connectivity index (χ4v) is 1.80. The molecule has 80 valence electrons. The van der Waals surface area contributed by atoms with Crippen LogP contribution in [0.5, 0.6) is 0 Å². The van der Waals surface area contributed by atoms with Gasteiger partial charge in [-0.3, -0.25) is 4.98 Å². The van der Waals surface area contributed by atoms with Gasteiger partial charge in [-0.15, -0.1) is 0 Å². The molecule has 0 aromatic carbocycles. The number of nitrogens with zero attached hydrogens (tertiary/aromatic N) is 2. The van der Waals surface area contributed by atoms with E-state index in [0.717, 1.165) is 25.7 Å². The molecular weight excluding hydrogens is 192 g/mol. The van der Waals surface area contributed by atoms with Crippen molar-refractivity contribution in [2.75, 3.05) is 0 Å². The van der Waals surface area contributed by atoms with Crippen LogP contribution in [0.1, 0.15) is 42.6 Å². The van der Waals surface area contributed by atoms with Gasteiger partial charge in [0.05, 0.1) is 6.20 Å². The maximum atomic E-state index is 11.6. The molecule has 0 N–H and O–H groups in total. The van der Waals surface area contributed by atoms with Crippen LogP contribution in [-0.2, 0) is 4.74 Å². The third-order valence-corrected chi connectivity index (χ3v) is 2.60. The summed E-state index contributed by atoms with van der Waals surface area (Å²) in [6, 6.07) is 0. The number of hydrogen-bond acceptors (Lipinski definition) is 4. The summed E-state index contributed by atoms with van der Waals surface area (Å²) in [7, 11) is 0. The second kappa shape index (κ2) is 4.87. The second-order valence-electron chi connectivity index (χ2n) is 3.76. The van der Waals surface area contributed by atoms with Crippen molar-refractivity contribution in [1.82, 2.24) is 9.97 Å². The van der Waals surface area contributed by atoms with Crippen LogP contribution in [0.25, 0.3) is 0 Å². The molecule has 4 nitrogen and oxygen atoms in total. The summed E-state index contributed by atoms with van der Waals surface area (Å²) in [5.41, 5.74) is 0.295. The molecule has 1 saturated carbocycles. The minimum absolute atomic E-state index is 0.0771. The van der Waals surface area contributed by atoms with Gasteiger partial charge in [0.15, 0.2) is 5.69 Å². The summed E-state index contributed by atoms with van der Waals surface area (Å²) >= 11 is 0. The Bertz CT molecular complexity index is 321. The van der Waals surface area contributed by atoms with Crippen LogP contribution < -0.4 is 0 Å². The van der Waals surface area contributed by atoms with E-state index in [1.807, 2.05) is 0 Å². The Hall–Kier alpha value is -1.45. The van der Waals surface area contributed by atoms with E-state index in [4.69, 9.17) is 4.74 Å². The SMILES string of the molecule is O=C(OC1CCCCC1)c1cnccn1. The molecule has 0 amide bonds. The standard InChI is InChI=1S/C11H14N2O2/c14-11(10-8-12-6-7-13-10)15-9-4-2-1-3-5-9/h6-9H,1-5H2. The Labute approximate surface area is 88.7 Å². The molecule has 0 aliphatic heterocycles. The molecule has 1 heterocycles. The number of hydrogen-bond donors (Lipinski definition) is 0. The van der Waals surface area contributed by atoms with Crippen molar-refractivity contribution in [3.8, 4) is 0 Å². The monoisotopic (exact) mass is 206 g/mol. The van der Waals surface area contributed by atoms with Gasteiger partial charge in [-0.05, 0) is 25.7 Å². The number of aromatic nitrogens is 2. The number of carbonyl (C=O) groups is 1. The van der Waals surface area contributed by atoms with Crippen molar-refractivity contribution in [3.05, 3.63) is 24.3 Å². The van der Waals surface area contributed by atoms with E-state index in [1.54, 1.807) is 0 Å². The largest absolute Gasteiger partial charge is 0.458 e. The van der Waals surface area contributed by atoms with Gasteiger partial charge in [0.2, 0.25) is 0 Å². The molecule has 0 unspecified atom stereocenters. The molecule has 4 heteroatoms. The van der Waals surface area contributed by atoms with Gasteiger partial charge in [0.25, 0.3) is 0 Å². The number of carbonyl (C=O) groups excluding carboxylic acids is 1. The van der Waals surface area contributed by atoms with E-state index in [0.29, 0.717) is 5.69 Å². The normalized spacial score (nSPS) is 17.3. The zero-order chi connectivity index (χ0) is 10.5. The topological polar surface area (TPSA) is 52.1 Å². The van der Waals surface area contributed by atoms with Crippen LogP contribution in [0.15, 0.2) is 18.6 Å². The summed E-state index contributed by atoms with van der Waals surface area (Å²) in [6.07, 6.45) is 10.1. The molecular formula is C11H14N2O2. The van der Waals surface area contributed by atoms with Crippen molar-refractivity contribution in [3.63, 3.8) is 0 Å². The molecule has 0 bridgehead atoms. The smallest absolute Gasteiger partial charge is 0.358 e. The summed E-state index contributed by atoms with van der Waals surface area (Å²) < 4.78 is 5.34. The lowest BCUT2D eigenvalue weighted by Crippen LogP contribution is -2.21. The van der Waals surface area contributed by atoms with Gasteiger partial charge >= 0.3 is 5.97 Å². The molecule has 1 aliphatic carbocycles. The van der Waals surface area contributed by atoms with Gasteiger partial charge < -0.3 is 4.74 Å². The molecule has 2 rings (SSSR count). The fraction of sp³-hybridized carbons (Fsp3) is 0.545. The zero-order valence-corrected chi connectivity index (χ0v) is 8.56. The van der Waals surface area contributed by atoms with Crippen molar-refractivity contribution in [2.24, 2.45) is 0 Å². The summed E-state index contributed by atoms with van der Waals surface area (Å²) in [5, 5.41) is 0. The first-order valence-corrected chi connectivity index (χ1v) is 5.33. The quantitative estimate of drug-likeness (QED) is 0.694. The van der Waals surface area contributed by atoms with Gasteiger partial charge in [0, 0.05) is 12.4 Å². The summed E-state index contributed by atoms with van der Waals surface area (Å²) in [4.78, 5) is 19.3. The van der Waals surface area contributed by atoms with Crippen LogP contribution >= 0.6 is 0 Å². The average Bonchev–Trinajstić information content (AvgIpc) is 2.31. The van der Waals surface area contributed by atoms with E-state index in [-0.39, 0.29) is 12.1 Å². The van der Waals surface area contributed by atoms with Crippen molar-refractivity contribution < 1.29 is 9.53 Å². The van der Waals surface area contributed by atoms with Crippen LogP contribution in [0, 0.1) is 0 Å². The third kappa shape index (κ3) is 2.75.